The number of oxazole rings is 1. The monoisotopic (exact) mass is 311 g/mol. The lowest BCUT2D eigenvalue weighted by Gasteiger charge is -2.29. The molecule has 1 aliphatic heterocycles. The van der Waals surface area contributed by atoms with Crippen LogP contribution in [0.3, 0.4) is 0 Å². The minimum absolute atomic E-state index is 0.0945. The number of rotatable bonds is 2. The first-order chi connectivity index (χ1) is 8.58. The number of fused-ring (bicyclic) bond motifs is 1. The molecule has 0 bridgehead atoms. The van der Waals surface area contributed by atoms with Gasteiger partial charge in [0.1, 0.15) is 0 Å². The first-order valence-corrected chi connectivity index (χ1v) is 6.91. The average Bonchev–Trinajstić information content (AvgIpc) is 2.93. The highest BCUT2D eigenvalue weighted by Gasteiger charge is 2.37. The third kappa shape index (κ3) is 1.91. The van der Waals surface area contributed by atoms with E-state index in [2.05, 4.69) is 27.8 Å². The van der Waals surface area contributed by atoms with Gasteiger partial charge in [0, 0.05) is 6.61 Å². The molecule has 18 heavy (non-hydrogen) atoms. The molecule has 0 radical (unpaired) electrons. The van der Waals surface area contributed by atoms with Crippen LogP contribution in [0.4, 0.5) is 0 Å². The van der Waals surface area contributed by atoms with Gasteiger partial charge in [-0.1, -0.05) is 22.0 Å². The van der Waals surface area contributed by atoms with E-state index in [4.69, 9.17) is 9.15 Å². The van der Waals surface area contributed by atoms with Crippen molar-refractivity contribution in [2.75, 3.05) is 6.61 Å². The fraction of sp³-hybridized carbons (Fsp3) is 0.462. The van der Waals surface area contributed by atoms with Gasteiger partial charge in [0.05, 0.1) is 15.9 Å². The van der Waals surface area contributed by atoms with Crippen molar-refractivity contribution in [3.05, 3.63) is 34.3 Å². The summed E-state index contributed by atoms with van der Waals surface area (Å²) in [5.41, 5.74) is 2.18. The van der Waals surface area contributed by atoms with Crippen molar-refractivity contribution in [2.24, 2.45) is 0 Å². The van der Waals surface area contributed by atoms with E-state index in [0.717, 1.165) is 30.5 Å². The van der Waals surface area contributed by atoms with Gasteiger partial charge < -0.3 is 9.15 Å². The highest BCUT2D eigenvalue weighted by Crippen LogP contribution is 2.43. The average molecular weight is 312 g/mol. The third-order valence-corrected chi connectivity index (χ3v) is 5.02. The van der Waals surface area contributed by atoms with Crippen molar-refractivity contribution in [3.8, 4) is 0 Å². The Balaban J connectivity index is 2.00. The maximum Gasteiger partial charge on any atom is 0.417 e. The van der Waals surface area contributed by atoms with Crippen LogP contribution in [-0.4, -0.2) is 17.2 Å². The molecular formula is C13H14BrNO3. The van der Waals surface area contributed by atoms with Crippen LogP contribution in [0, 0.1) is 0 Å². The predicted molar refractivity (Wildman–Crippen MR) is 72.1 cm³/mol. The van der Waals surface area contributed by atoms with E-state index >= 15 is 0 Å². The Morgan fingerprint density at radius 1 is 1.50 bits per heavy atom. The quantitative estimate of drug-likeness (QED) is 0.867. The molecule has 2 unspecified atom stereocenters. The lowest BCUT2D eigenvalue weighted by molar-refractivity contribution is 0.0198. The summed E-state index contributed by atoms with van der Waals surface area (Å²) in [7, 11) is 0. The zero-order valence-electron chi connectivity index (χ0n) is 10.0. The number of alkyl halides is 1. The number of H-pyrrole nitrogens is 1. The van der Waals surface area contributed by atoms with Gasteiger partial charge in [-0.05, 0) is 37.5 Å². The summed E-state index contributed by atoms with van der Waals surface area (Å²) in [6.45, 7) is 2.91. The van der Waals surface area contributed by atoms with Crippen LogP contribution in [0.15, 0.2) is 27.4 Å². The molecular weight excluding hydrogens is 298 g/mol. The topological polar surface area (TPSA) is 55.2 Å². The maximum absolute atomic E-state index is 11.1. The van der Waals surface area contributed by atoms with Crippen LogP contribution in [0.1, 0.15) is 30.2 Å². The molecule has 4 nitrogen and oxygen atoms in total. The summed E-state index contributed by atoms with van der Waals surface area (Å²) in [6.07, 6.45) is 2.11. The lowest BCUT2D eigenvalue weighted by Crippen LogP contribution is -2.28. The number of aromatic amines is 1. The molecule has 1 aromatic carbocycles. The highest BCUT2D eigenvalue weighted by atomic mass is 79.9. The fourth-order valence-corrected chi connectivity index (χ4v) is 3.12. The molecule has 1 saturated heterocycles. The minimum atomic E-state index is -0.420. The first-order valence-electron chi connectivity index (χ1n) is 5.99. The maximum atomic E-state index is 11.1. The summed E-state index contributed by atoms with van der Waals surface area (Å²) in [4.78, 5) is 13.9. The van der Waals surface area contributed by atoms with Gasteiger partial charge in [0.2, 0.25) is 0 Å². The number of benzene rings is 1. The van der Waals surface area contributed by atoms with Crippen LogP contribution in [0.5, 0.6) is 0 Å². The van der Waals surface area contributed by atoms with Crippen LogP contribution in [0.2, 0.25) is 0 Å². The number of hydrogen-bond donors (Lipinski definition) is 1. The van der Waals surface area contributed by atoms with Crippen molar-refractivity contribution >= 4 is 27.0 Å². The van der Waals surface area contributed by atoms with Crippen LogP contribution in [0.25, 0.3) is 11.1 Å². The molecule has 0 saturated carbocycles. The number of aromatic nitrogens is 1. The Morgan fingerprint density at radius 2 is 2.33 bits per heavy atom. The fourth-order valence-electron chi connectivity index (χ4n) is 2.47. The molecule has 0 aliphatic carbocycles. The van der Waals surface area contributed by atoms with Gasteiger partial charge in [0.25, 0.3) is 0 Å². The lowest BCUT2D eigenvalue weighted by atomic mass is 9.93. The largest absolute Gasteiger partial charge is 0.417 e. The van der Waals surface area contributed by atoms with Gasteiger partial charge in [-0.3, -0.25) is 4.98 Å². The molecule has 1 aliphatic rings. The molecule has 0 spiro atoms. The Kier molecular flexibility index (Phi) is 2.83. The van der Waals surface area contributed by atoms with E-state index in [9.17, 15) is 4.79 Å². The second-order valence-corrected chi connectivity index (χ2v) is 5.81. The summed E-state index contributed by atoms with van der Waals surface area (Å²) < 4.78 is 10.9. The second-order valence-electron chi connectivity index (χ2n) is 4.90. The summed E-state index contributed by atoms with van der Waals surface area (Å²) in [5, 5.41) is 0. The molecule has 2 atom stereocenters. The summed E-state index contributed by atoms with van der Waals surface area (Å²) in [6, 6.07) is 5.74. The molecule has 1 aromatic heterocycles. The molecule has 2 heterocycles. The van der Waals surface area contributed by atoms with E-state index < -0.39 is 5.76 Å². The molecule has 0 amide bonds. The Hall–Kier alpha value is -1.07. The van der Waals surface area contributed by atoms with E-state index in [0.29, 0.717) is 5.58 Å². The molecule has 1 fully saturated rings. The highest BCUT2D eigenvalue weighted by molar-refractivity contribution is 9.09. The predicted octanol–water partition coefficient (Wildman–Crippen LogP) is 3.13. The van der Waals surface area contributed by atoms with E-state index in [1.54, 1.807) is 0 Å². The molecule has 96 valence electrons. The Labute approximate surface area is 112 Å². The van der Waals surface area contributed by atoms with Crippen LogP contribution < -0.4 is 5.76 Å². The standard InChI is InChI=1S/C13H14BrNO3/c1-13(5-2-6-17-13)11(14)8-3-4-9-10(7-8)18-12(16)15-9/h3-4,7,11H,2,5-6H2,1H3,(H,15,16). The normalized spacial score (nSPS) is 25.7. The van der Waals surface area contributed by atoms with Crippen molar-refractivity contribution in [1.82, 2.24) is 4.98 Å². The van der Waals surface area contributed by atoms with Gasteiger partial charge in [-0.25, -0.2) is 4.79 Å². The van der Waals surface area contributed by atoms with Gasteiger partial charge in [0.15, 0.2) is 5.58 Å². The van der Waals surface area contributed by atoms with Crippen molar-refractivity contribution in [3.63, 3.8) is 0 Å². The second kappa shape index (κ2) is 4.24. The zero-order chi connectivity index (χ0) is 12.8. The van der Waals surface area contributed by atoms with E-state index in [1.165, 1.54) is 0 Å². The van der Waals surface area contributed by atoms with Crippen molar-refractivity contribution in [2.45, 2.75) is 30.2 Å². The molecule has 5 heteroatoms. The van der Waals surface area contributed by atoms with Crippen molar-refractivity contribution in [1.29, 1.82) is 0 Å². The van der Waals surface area contributed by atoms with E-state index in [-0.39, 0.29) is 10.4 Å². The summed E-state index contributed by atoms with van der Waals surface area (Å²) >= 11 is 3.71. The molecule has 2 aromatic rings. The summed E-state index contributed by atoms with van der Waals surface area (Å²) in [5.74, 6) is -0.420. The Bertz CT molecular complexity index is 624. The first kappa shape index (κ1) is 12.0. The SMILES string of the molecule is CC1(C(Br)c2ccc3[nH]c(=O)oc3c2)CCCO1. The smallest absolute Gasteiger partial charge is 0.408 e. The van der Waals surface area contributed by atoms with Gasteiger partial charge in [-0.15, -0.1) is 0 Å². The van der Waals surface area contributed by atoms with Crippen molar-refractivity contribution < 1.29 is 9.15 Å². The molecule has 1 N–H and O–H groups in total. The van der Waals surface area contributed by atoms with Gasteiger partial charge >= 0.3 is 5.76 Å². The number of ether oxygens (including phenoxy) is 1. The van der Waals surface area contributed by atoms with Crippen LogP contribution >= 0.6 is 15.9 Å². The third-order valence-electron chi connectivity index (χ3n) is 3.52. The minimum Gasteiger partial charge on any atom is -0.408 e. The zero-order valence-corrected chi connectivity index (χ0v) is 11.6. The molecule has 3 rings (SSSR count). The van der Waals surface area contributed by atoms with Crippen LogP contribution in [-0.2, 0) is 4.74 Å². The van der Waals surface area contributed by atoms with Gasteiger partial charge in [-0.2, -0.15) is 0 Å². The Morgan fingerprint density at radius 3 is 3.06 bits per heavy atom. The number of hydrogen-bond acceptors (Lipinski definition) is 3. The number of nitrogens with one attached hydrogen (secondary N) is 1. The number of halogens is 1. The van der Waals surface area contributed by atoms with E-state index in [1.807, 2.05) is 18.2 Å².